The zero-order valence-corrected chi connectivity index (χ0v) is 16.4. The summed E-state index contributed by atoms with van der Waals surface area (Å²) in [6, 6.07) is 4.83. The number of amides is 1. The molecule has 25 heavy (non-hydrogen) atoms. The van der Waals surface area contributed by atoms with Crippen LogP contribution in [0.25, 0.3) is 11.1 Å². The molecular weight excluding hydrogens is 385 g/mol. The van der Waals surface area contributed by atoms with Crippen LogP contribution in [0.2, 0.25) is 10.0 Å². The van der Waals surface area contributed by atoms with Crippen molar-refractivity contribution in [3.05, 3.63) is 38.7 Å². The normalized spacial score (nSPS) is 11.3. The fourth-order valence-electron chi connectivity index (χ4n) is 2.25. The number of nitrogens with one attached hydrogen (secondary N) is 1. The number of aryl methyl sites for hydroxylation is 1. The lowest BCUT2D eigenvalue weighted by atomic mass is 10.0. The average Bonchev–Trinajstić information content (AvgIpc) is 2.72. The van der Waals surface area contributed by atoms with Gasteiger partial charge in [-0.2, -0.15) is 0 Å². The van der Waals surface area contributed by atoms with Crippen LogP contribution in [0, 0.1) is 6.92 Å². The van der Waals surface area contributed by atoms with Crippen LogP contribution in [0.1, 0.15) is 36.0 Å². The highest BCUT2D eigenvalue weighted by Crippen LogP contribution is 2.43. The van der Waals surface area contributed by atoms with Gasteiger partial charge in [0.25, 0.3) is 0 Å². The first-order chi connectivity index (χ1) is 11.5. The molecule has 0 spiro atoms. The van der Waals surface area contributed by atoms with Gasteiger partial charge in [-0.25, -0.2) is 9.59 Å². The Bertz CT molecular complexity index is 840. The lowest BCUT2D eigenvalue weighted by Gasteiger charge is -2.19. The van der Waals surface area contributed by atoms with Gasteiger partial charge in [0.05, 0.1) is 0 Å². The smallest absolute Gasteiger partial charge is 0.412 e. The second kappa shape index (κ2) is 7.23. The van der Waals surface area contributed by atoms with Crippen molar-refractivity contribution >= 4 is 51.6 Å². The van der Waals surface area contributed by atoms with Gasteiger partial charge in [0.1, 0.15) is 16.2 Å². The Morgan fingerprint density at radius 2 is 1.88 bits per heavy atom. The predicted molar refractivity (Wildman–Crippen MR) is 101 cm³/mol. The number of halogens is 2. The summed E-state index contributed by atoms with van der Waals surface area (Å²) in [5.74, 6) is -1.17. The molecule has 0 aliphatic carbocycles. The summed E-state index contributed by atoms with van der Waals surface area (Å²) in [7, 11) is 0. The summed E-state index contributed by atoms with van der Waals surface area (Å²) in [5.41, 5.74) is 0.263. The highest BCUT2D eigenvalue weighted by molar-refractivity contribution is 7.17. The number of carboxylic acid groups (broad SMARTS) is 1. The van der Waals surface area contributed by atoms with Crippen molar-refractivity contribution in [3.8, 4) is 11.1 Å². The first kappa shape index (κ1) is 19.6. The number of rotatable bonds is 3. The van der Waals surface area contributed by atoms with Gasteiger partial charge in [0.15, 0.2) is 0 Å². The SMILES string of the molecule is Cc1sc(NC(=O)OC(C)(C)C)c(C(=O)O)c1-c1ccc(Cl)cc1Cl. The highest BCUT2D eigenvalue weighted by Gasteiger charge is 2.26. The Kier molecular flexibility index (Phi) is 5.66. The molecule has 2 aromatic rings. The van der Waals surface area contributed by atoms with E-state index in [1.807, 2.05) is 0 Å². The highest BCUT2D eigenvalue weighted by atomic mass is 35.5. The quantitative estimate of drug-likeness (QED) is 0.653. The Balaban J connectivity index is 2.51. The largest absolute Gasteiger partial charge is 0.478 e. The van der Waals surface area contributed by atoms with Crippen LogP contribution in [0.3, 0.4) is 0 Å². The number of carbonyl (C=O) groups excluding carboxylic acids is 1. The van der Waals surface area contributed by atoms with E-state index in [0.29, 0.717) is 26.0 Å². The van der Waals surface area contributed by atoms with E-state index in [4.69, 9.17) is 27.9 Å². The first-order valence-electron chi connectivity index (χ1n) is 7.31. The van der Waals surface area contributed by atoms with Crippen LogP contribution in [0.5, 0.6) is 0 Å². The number of benzene rings is 1. The number of anilines is 1. The number of carbonyl (C=O) groups is 2. The molecule has 0 saturated carbocycles. The molecule has 5 nitrogen and oxygen atoms in total. The van der Waals surface area contributed by atoms with E-state index in [2.05, 4.69) is 5.32 Å². The maximum absolute atomic E-state index is 12.0. The van der Waals surface area contributed by atoms with Crippen molar-refractivity contribution in [2.75, 3.05) is 5.32 Å². The van der Waals surface area contributed by atoms with Gasteiger partial charge in [0.2, 0.25) is 0 Å². The van der Waals surface area contributed by atoms with Gasteiger partial charge in [-0.3, -0.25) is 5.32 Å². The summed E-state index contributed by atoms with van der Waals surface area (Å²) in [5, 5.41) is 13.2. The molecule has 0 aliphatic heterocycles. The van der Waals surface area contributed by atoms with E-state index < -0.39 is 17.7 Å². The van der Waals surface area contributed by atoms with Gasteiger partial charge in [-0.1, -0.05) is 29.3 Å². The lowest BCUT2D eigenvalue weighted by molar-refractivity contribution is 0.0636. The zero-order chi connectivity index (χ0) is 18.9. The molecule has 0 fully saturated rings. The third kappa shape index (κ3) is 4.66. The number of thiophene rings is 1. The van der Waals surface area contributed by atoms with Crippen LogP contribution in [0.4, 0.5) is 9.80 Å². The lowest BCUT2D eigenvalue weighted by Crippen LogP contribution is -2.27. The van der Waals surface area contributed by atoms with E-state index in [-0.39, 0.29) is 10.6 Å². The van der Waals surface area contributed by atoms with E-state index in [1.165, 1.54) is 0 Å². The summed E-state index contributed by atoms with van der Waals surface area (Å²) >= 11 is 13.3. The molecule has 0 atom stereocenters. The Morgan fingerprint density at radius 1 is 1.24 bits per heavy atom. The molecule has 1 aromatic carbocycles. The minimum Gasteiger partial charge on any atom is -0.478 e. The van der Waals surface area contributed by atoms with Crippen molar-refractivity contribution in [3.63, 3.8) is 0 Å². The topological polar surface area (TPSA) is 75.6 Å². The maximum Gasteiger partial charge on any atom is 0.412 e. The van der Waals surface area contributed by atoms with Gasteiger partial charge in [0, 0.05) is 26.0 Å². The van der Waals surface area contributed by atoms with Crippen LogP contribution < -0.4 is 5.32 Å². The molecule has 0 unspecified atom stereocenters. The zero-order valence-electron chi connectivity index (χ0n) is 14.1. The molecule has 134 valence electrons. The Labute approximate surface area is 159 Å². The van der Waals surface area contributed by atoms with E-state index in [9.17, 15) is 14.7 Å². The van der Waals surface area contributed by atoms with Crippen molar-refractivity contribution in [1.82, 2.24) is 0 Å². The third-order valence-corrected chi connectivity index (χ3v) is 4.68. The fourth-order valence-corrected chi connectivity index (χ4v) is 3.80. The van der Waals surface area contributed by atoms with Crippen molar-refractivity contribution in [1.29, 1.82) is 0 Å². The molecule has 2 rings (SSSR count). The third-order valence-electron chi connectivity index (χ3n) is 3.11. The molecule has 0 bridgehead atoms. The van der Waals surface area contributed by atoms with Crippen LogP contribution in [-0.2, 0) is 4.74 Å². The standard InChI is InChI=1S/C17H17Cl2NO4S/c1-8-12(10-6-5-9(18)7-11(10)19)13(15(21)22)14(25-8)20-16(23)24-17(2,3)4/h5-7H,1-4H3,(H,20,23)(H,21,22). The molecule has 0 radical (unpaired) electrons. The Hall–Kier alpha value is -1.76. The average molecular weight is 402 g/mol. The number of carboxylic acids is 1. The van der Waals surface area contributed by atoms with Gasteiger partial charge >= 0.3 is 12.1 Å². The summed E-state index contributed by atoms with van der Waals surface area (Å²) in [6.07, 6.45) is -0.718. The number of aromatic carboxylic acids is 1. The Morgan fingerprint density at radius 3 is 2.40 bits per heavy atom. The monoisotopic (exact) mass is 401 g/mol. The number of hydrogen-bond donors (Lipinski definition) is 2. The fraction of sp³-hybridized carbons (Fsp3) is 0.294. The van der Waals surface area contributed by atoms with E-state index in [0.717, 1.165) is 11.3 Å². The molecule has 2 N–H and O–H groups in total. The van der Waals surface area contributed by atoms with Crippen LogP contribution >= 0.6 is 34.5 Å². The van der Waals surface area contributed by atoms with Gasteiger partial charge < -0.3 is 9.84 Å². The van der Waals surface area contributed by atoms with Crippen molar-refractivity contribution in [2.45, 2.75) is 33.3 Å². The molecule has 1 heterocycles. The molecule has 0 saturated heterocycles. The van der Waals surface area contributed by atoms with Gasteiger partial charge in [-0.15, -0.1) is 11.3 Å². The second-order valence-corrected chi connectivity index (χ2v) is 8.36. The summed E-state index contributed by atoms with van der Waals surface area (Å²) < 4.78 is 5.19. The minimum atomic E-state index is -1.17. The van der Waals surface area contributed by atoms with Crippen LogP contribution in [0.15, 0.2) is 18.2 Å². The number of hydrogen-bond acceptors (Lipinski definition) is 4. The molecule has 0 aliphatic rings. The van der Waals surface area contributed by atoms with Crippen molar-refractivity contribution in [2.24, 2.45) is 0 Å². The minimum absolute atomic E-state index is 0.0300. The maximum atomic E-state index is 12.0. The molecule has 1 amide bonds. The van der Waals surface area contributed by atoms with E-state index >= 15 is 0 Å². The first-order valence-corrected chi connectivity index (χ1v) is 8.89. The summed E-state index contributed by atoms with van der Waals surface area (Å²) in [6.45, 7) is 6.94. The molecule has 8 heteroatoms. The number of ether oxygens (including phenoxy) is 1. The van der Waals surface area contributed by atoms with Crippen molar-refractivity contribution < 1.29 is 19.4 Å². The molecule has 1 aromatic heterocycles. The second-order valence-electron chi connectivity index (χ2n) is 6.29. The molecular formula is C17H17Cl2NO4S. The van der Waals surface area contributed by atoms with Gasteiger partial charge in [-0.05, 0) is 39.8 Å². The van der Waals surface area contributed by atoms with Crippen LogP contribution in [-0.4, -0.2) is 22.8 Å². The van der Waals surface area contributed by atoms with E-state index in [1.54, 1.807) is 45.9 Å². The predicted octanol–water partition coefficient (Wildman–Crippen LogP) is 6.08. The summed E-state index contributed by atoms with van der Waals surface area (Å²) in [4.78, 5) is 24.5.